The van der Waals surface area contributed by atoms with E-state index < -0.39 is 36.6 Å². The second kappa shape index (κ2) is 4.62. The highest BCUT2D eigenvalue weighted by atomic mass is 16.6. The van der Waals surface area contributed by atoms with E-state index in [-0.39, 0.29) is 0 Å². The number of ether oxygens (including phenoxy) is 1. The average Bonchev–Trinajstić information content (AvgIpc) is 2.65. The maximum absolute atomic E-state index is 11.4. The standard InChI is InChI=1S/C11H14N2O5/c12-9(16)11(17)8(15)7(6-14)18-10(11)13-4-2-1-3-5-13/h1-5,7-8,10,14-15,17H,6H2,(H-,12,16)/p+1/t7-,8+,10-,11+/m1/s1. The number of primary amides is 1. The van der Waals surface area contributed by atoms with Crippen molar-refractivity contribution in [1.82, 2.24) is 0 Å². The van der Waals surface area contributed by atoms with Crippen LogP contribution in [0.3, 0.4) is 0 Å². The van der Waals surface area contributed by atoms with Crippen LogP contribution in [0.25, 0.3) is 0 Å². The van der Waals surface area contributed by atoms with Crippen molar-refractivity contribution in [2.24, 2.45) is 5.73 Å². The highest BCUT2D eigenvalue weighted by Crippen LogP contribution is 2.34. The number of carbonyl (C=O) groups excluding carboxylic acids is 1. The van der Waals surface area contributed by atoms with Gasteiger partial charge < -0.3 is 25.8 Å². The minimum absolute atomic E-state index is 0.527. The van der Waals surface area contributed by atoms with E-state index in [0.29, 0.717) is 0 Å². The van der Waals surface area contributed by atoms with Crippen LogP contribution in [0.4, 0.5) is 0 Å². The lowest BCUT2D eigenvalue weighted by Crippen LogP contribution is -2.62. The van der Waals surface area contributed by atoms with Crippen molar-refractivity contribution in [3.05, 3.63) is 30.6 Å². The fraction of sp³-hybridized carbons (Fsp3) is 0.455. The summed E-state index contributed by atoms with van der Waals surface area (Å²) in [7, 11) is 0. The molecule has 1 saturated heterocycles. The van der Waals surface area contributed by atoms with Crippen LogP contribution >= 0.6 is 0 Å². The molecule has 1 fully saturated rings. The molecule has 4 atom stereocenters. The van der Waals surface area contributed by atoms with E-state index in [1.807, 2.05) is 0 Å². The number of aliphatic hydroxyl groups excluding tert-OH is 2. The van der Waals surface area contributed by atoms with E-state index in [1.165, 1.54) is 4.57 Å². The lowest BCUT2D eigenvalue weighted by molar-refractivity contribution is -0.769. The van der Waals surface area contributed by atoms with Gasteiger partial charge in [-0.2, -0.15) is 4.57 Å². The monoisotopic (exact) mass is 255 g/mol. The molecule has 1 aromatic heterocycles. The molecule has 0 saturated carbocycles. The van der Waals surface area contributed by atoms with Crippen molar-refractivity contribution >= 4 is 5.91 Å². The molecule has 7 nitrogen and oxygen atoms in total. The van der Waals surface area contributed by atoms with Crippen LogP contribution in [-0.2, 0) is 9.53 Å². The Morgan fingerprint density at radius 3 is 2.50 bits per heavy atom. The minimum atomic E-state index is -2.28. The normalized spacial score (nSPS) is 35.6. The summed E-state index contributed by atoms with van der Waals surface area (Å²) in [5, 5.41) is 29.2. The highest BCUT2D eigenvalue weighted by Gasteiger charge is 2.64. The zero-order valence-corrected chi connectivity index (χ0v) is 9.51. The SMILES string of the molecule is NC(=O)[C@@]1(O)[C@@H](O)[C@@H](CO)O[C@H]1[n+]1ccccc1. The molecule has 0 aromatic carbocycles. The van der Waals surface area contributed by atoms with Crippen molar-refractivity contribution in [2.75, 3.05) is 6.61 Å². The van der Waals surface area contributed by atoms with Gasteiger partial charge in [0.05, 0.1) is 6.61 Å². The van der Waals surface area contributed by atoms with Gasteiger partial charge in [0.1, 0.15) is 12.2 Å². The molecule has 7 heteroatoms. The molecule has 1 amide bonds. The van der Waals surface area contributed by atoms with Crippen LogP contribution in [0.2, 0.25) is 0 Å². The molecule has 98 valence electrons. The first-order valence-electron chi connectivity index (χ1n) is 5.44. The van der Waals surface area contributed by atoms with Crippen LogP contribution in [0, 0.1) is 0 Å². The number of nitrogens with zero attached hydrogens (tertiary/aromatic N) is 1. The number of amides is 1. The summed E-state index contributed by atoms with van der Waals surface area (Å²) >= 11 is 0. The Labute approximate surface area is 103 Å². The summed E-state index contributed by atoms with van der Waals surface area (Å²) in [4.78, 5) is 11.4. The van der Waals surface area contributed by atoms with Crippen molar-refractivity contribution in [1.29, 1.82) is 0 Å². The van der Waals surface area contributed by atoms with Gasteiger partial charge in [-0.3, -0.25) is 4.79 Å². The van der Waals surface area contributed by atoms with E-state index in [4.69, 9.17) is 15.6 Å². The number of aliphatic hydroxyl groups is 3. The number of hydrogen-bond acceptors (Lipinski definition) is 5. The maximum Gasteiger partial charge on any atom is 0.304 e. The van der Waals surface area contributed by atoms with Crippen molar-refractivity contribution < 1.29 is 29.4 Å². The van der Waals surface area contributed by atoms with Gasteiger partial charge in [-0.25, -0.2) is 0 Å². The van der Waals surface area contributed by atoms with Crippen LogP contribution in [0.5, 0.6) is 0 Å². The zero-order chi connectivity index (χ0) is 13.3. The molecule has 18 heavy (non-hydrogen) atoms. The molecule has 1 aliphatic rings. The first-order chi connectivity index (χ1) is 8.51. The first-order valence-corrected chi connectivity index (χ1v) is 5.44. The second-order valence-electron chi connectivity index (χ2n) is 4.17. The Hall–Kier alpha value is -1.54. The quantitative estimate of drug-likeness (QED) is 0.443. The van der Waals surface area contributed by atoms with Crippen LogP contribution < -0.4 is 10.3 Å². The molecule has 5 N–H and O–H groups in total. The van der Waals surface area contributed by atoms with Gasteiger partial charge >= 0.3 is 6.23 Å². The van der Waals surface area contributed by atoms with Gasteiger partial charge in [0.2, 0.25) is 0 Å². The summed E-state index contributed by atoms with van der Waals surface area (Å²) in [6.45, 7) is -0.527. The Morgan fingerprint density at radius 2 is 2.00 bits per heavy atom. The third-order valence-electron chi connectivity index (χ3n) is 3.07. The Bertz CT molecular complexity index is 440. The van der Waals surface area contributed by atoms with E-state index in [2.05, 4.69) is 0 Å². The lowest BCUT2D eigenvalue weighted by atomic mass is 9.93. The number of carbonyl (C=O) groups is 1. The minimum Gasteiger partial charge on any atom is -0.394 e. The molecule has 1 aromatic rings. The summed E-state index contributed by atoms with van der Waals surface area (Å²) in [5.74, 6) is -1.10. The smallest absolute Gasteiger partial charge is 0.304 e. The fourth-order valence-corrected chi connectivity index (χ4v) is 2.05. The van der Waals surface area contributed by atoms with Crippen molar-refractivity contribution in [3.8, 4) is 0 Å². The van der Waals surface area contributed by atoms with Gasteiger partial charge in [-0.1, -0.05) is 6.07 Å². The number of rotatable bonds is 3. The van der Waals surface area contributed by atoms with Crippen LogP contribution in [0.1, 0.15) is 6.23 Å². The molecule has 0 radical (unpaired) electrons. The lowest BCUT2D eigenvalue weighted by Gasteiger charge is -2.23. The second-order valence-corrected chi connectivity index (χ2v) is 4.17. The van der Waals surface area contributed by atoms with Crippen molar-refractivity contribution in [3.63, 3.8) is 0 Å². The summed E-state index contributed by atoms with van der Waals surface area (Å²) in [6, 6.07) is 5.08. The molecule has 0 spiro atoms. The average molecular weight is 255 g/mol. The molecule has 0 bridgehead atoms. The maximum atomic E-state index is 11.4. The van der Waals surface area contributed by atoms with E-state index in [0.717, 1.165) is 0 Å². The summed E-state index contributed by atoms with van der Waals surface area (Å²) in [5.41, 5.74) is 2.86. The largest absolute Gasteiger partial charge is 0.394 e. The van der Waals surface area contributed by atoms with Gasteiger partial charge in [-0.05, 0) is 0 Å². The zero-order valence-electron chi connectivity index (χ0n) is 9.51. The molecule has 1 aliphatic heterocycles. The number of nitrogens with two attached hydrogens (primary N) is 1. The summed E-state index contributed by atoms with van der Waals surface area (Å²) < 4.78 is 6.70. The van der Waals surface area contributed by atoms with E-state index in [1.54, 1.807) is 30.6 Å². The van der Waals surface area contributed by atoms with Crippen molar-refractivity contribution in [2.45, 2.75) is 24.0 Å². The molecule has 0 aliphatic carbocycles. The first kappa shape index (κ1) is 12.9. The number of pyridine rings is 1. The molecular weight excluding hydrogens is 240 g/mol. The molecule has 2 rings (SSSR count). The predicted octanol–water partition coefficient (Wildman–Crippen LogP) is -2.56. The third kappa shape index (κ3) is 1.77. The van der Waals surface area contributed by atoms with Gasteiger partial charge in [0.25, 0.3) is 11.5 Å². The van der Waals surface area contributed by atoms with Gasteiger partial charge in [0.15, 0.2) is 12.4 Å². The van der Waals surface area contributed by atoms with E-state index in [9.17, 15) is 15.0 Å². The number of hydrogen-bond donors (Lipinski definition) is 4. The van der Waals surface area contributed by atoms with Crippen LogP contribution in [0.15, 0.2) is 30.6 Å². The van der Waals surface area contributed by atoms with Gasteiger partial charge in [0, 0.05) is 12.1 Å². The molecule has 2 heterocycles. The molecule has 0 unspecified atom stereocenters. The third-order valence-corrected chi connectivity index (χ3v) is 3.07. The molecular formula is C11H15N2O5+. The Kier molecular flexibility index (Phi) is 3.31. The number of aromatic nitrogens is 1. The van der Waals surface area contributed by atoms with Crippen LogP contribution in [-0.4, -0.2) is 45.6 Å². The Morgan fingerprint density at radius 1 is 1.39 bits per heavy atom. The van der Waals surface area contributed by atoms with E-state index >= 15 is 0 Å². The predicted molar refractivity (Wildman–Crippen MR) is 57.8 cm³/mol. The van der Waals surface area contributed by atoms with Gasteiger partial charge in [-0.15, -0.1) is 0 Å². The fourth-order valence-electron chi connectivity index (χ4n) is 2.05. The highest BCUT2D eigenvalue weighted by molar-refractivity contribution is 5.84. The topological polar surface area (TPSA) is 117 Å². The summed E-state index contributed by atoms with van der Waals surface area (Å²) in [6.07, 6.45) is -0.711. The Balaban J connectivity index is 2.43.